The number of nitrogens with one attached hydrogen (secondary N) is 4. The highest BCUT2D eigenvalue weighted by Crippen LogP contribution is 2.31. The van der Waals surface area contributed by atoms with Gasteiger partial charge in [0.15, 0.2) is 5.60 Å². The van der Waals surface area contributed by atoms with Crippen molar-refractivity contribution in [1.29, 1.82) is 0 Å². The van der Waals surface area contributed by atoms with Crippen molar-refractivity contribution in [2.24, 2.45) is 5.92 Å². The van der Waals surface area contributed by atoms with E-state index < -0.39 is 41.4 Å². The van der Waals surface area contributed by atoms with E-state index in [2.05, 4.69) is 31.2 Å². The van der Waals surface area contributed by atoms with Gasteiger partial charge in [0, 0.05) is 51.3 Å². The molecule has 6 rings (SSSR count). The molecule has 49 heavy (non-hydrogen) atoms. The molecular formula is C37H46N6O6. The van der Waals surface area contributed by atoms with Gasteiger partial charge in [0.2, 0.25) is 17.7 Å². The standard InChI is InChI=1S/C37H46N6O6/c1-25(2)32-35(46)41-31(23-27-7-5-4-6-8-27)34(45)39-19-22-48-29-9-11-30(12-10-29)49-37(36(47)40-26(3)33(44)42-32)15-20-43(21-16-37)24-28-13-17-38-18-14-28/h4-14,17-18,25-26,31-32H,15-16,19-24H2,1-3H3,(H,39,45)(H,40,47)(H,41,46)(H,42,44)/t26-,31+,32-/m1/s1. The fourth-order valence-electron chi connectivity index (χ4n) is 6.02. The number of carbonyl (C=O) groups excluding carboxylic acids is 4. The van der Waals surface area contributed by atoms with Gasteiger partial charge in [0.1, 0.15) is 36.2 Å². The molecule has 4 amide bonds. The van der Waals surface area contributed by atoms with Crippen LogP contribution in [-0.2, 0) is 32.1 Å². The van der Waals surface area contributed by atoms with Crippen LogP contribution in [-0.4, -0.2) is 83.5 Å². The van der Waals surface area contributed by atoms with Gasteiger partial charge in [-0.05, 0) is 60.4 Å². The molecule has 0 radical (unpaired) electrons. The molecule has 260 valence electrons. The zero-order valence-electron chi connectivity index (χ0n) is 28.3. The monoisotopic (exact) mass is 670 g/mol. The minimum absolute atomic E-state index is 0.195. The maximum Gasteiger partial charge on any atom is 0.264 e. The van der Waals surface area contributed by atoms with E-state index in [4.69, 9.17) is 9.47 Å². The maximum absolute atomic E-state index is 14.0. The highest BCUT2D eigenvalue weighted by atomic mass is 16.5. The molecule has 0 saturated carbocycles. The third-order valence-corrected chi connectivity index (χ3v) is 8.94. The number of ether oxygens (including phenoxy) is 2. The molecule has 4 heterocycles. The third-order valence-electron chi connectivity index (χ3n) is 8.94. The van der Waals surface area contributed by atoms with Crippen molar-refractivity contribution in [3.8, 4) is 11.5 Å². The number of nitrogens with zero attached hydrogens (tertiary/aromatic N) is 2. The molecule has 3 aliphatic heterocycles. The summed E-state index contributed by atoms with van der Waals surface area (Å²) in [6.07, 6.45) is 4.58. The third kappa shape index (κ3) is 9.56. The number of fused-ring (bicyclic) bond motifs is 15. The molecule has 2 aromatic carbocycles. The molecule has 1 fully saturated rings. The molecule has 4 N–H and O–H groups in total. The number of aromatic nitrogens is 1. The molecule has 1 aromatic heterocycles. The summed E-state index contributed by atoms with van der Waals surface area (Å²) < 4.78 is 12.3. The zero-order chi connectivity index (χ0) is 34.8. The lowest BCUT2D eigenvalue weighted by atomic mass is 9.89. The molecule has 1 saturated heterocycles. The summed E-state index contributed by atoms with van der Waals surface area (Å²) in [6.45, 7) is 7.52. The first-order chi connectivity index (χ1) is 23.6. The average molecular weight is 671 g/mol. The topological polar surface area (TPSA) is 151 Å². The van der Waals surface area contributed by atoms with Crippen LogP contribution in [0.2, 0.25) is 0 Å². The fraction of sp³-hybridized carbons (Fsp3) is 0.432. The normalized spacial score (nSPS) is 22.7. The first kappa shape index (κ1) is 35.3. The Morgan fingerprint density at radius 1 is 0.816 bits per heavy atom. The van der Waals surface area contributed by atoms with Gasteiger partial charge in [-0.25, -0.2) is 0 Å². The van der Waals surface area contributed by atoms with Gasteiger partial charge in [-0.2, -0.15) is 0 Å². The number of rotatable bonds is 5. The molecule has 1 spiro atoms. The van der Waals surface area contributed by atoms with Crippen LogP contribution in [0.1, 0.15) is 44.7 Å². The van der Waals surface area contributed by atoms with Crippen molar-refractivity contribution in [2.45, 2.75) is 70.3 Å². The Morgan fingerprint density at radius 2 is 1.49 bits per heavy atom. The summed E-state index contributed by atoms with van der Waals surface area (Å²) >= 11 is 0. The van der Waals surface area contributed by atoms with E-state index >= 15 is 0 Å². The SMILES string of the molecule is CC(C)[C@H]1NC(=O)[C@@H](C)NC(=O)C2(CCN(Cc3ccncc3)CC2)Oc2ccc(cc2)OCCNC(=O)[C@H](Cc2ccccc2)NC1=O. The molecule has 3 aliphatic rings. The van der Waals surface area contributed by atoms with E-state index in [9.17, 15) is 19.2 Å². The fourth-order valence-corrected chi connectivity index (χ4v) is 6.02. The number of carbonyl (C=O) groups is 4. The summed E-state index contributed by atoms with van der Waals surface area (Å²) in [5.74, 6) is -1.03. The minimum Gasteiger partial charge on any atom is -0.492 e. The van der Waals surface area contributed by atoms with Crippen LogP contribution >= 0.6 is 0 Å². The number of pyridine rings is 1. The summed E-state index contributed by atoms with van der Waals surface area (Å²) in [7, 11) is 0. The summed E-state index contributed by atoms with van der Waals surface area (Å²) in [5, 5.41) is 11.4. The summed E-state index contributed by atoms with van der Waals surface area (Å²) in [4.78, 5) is 60.8. The molecule has 0 aliphatic carbocycles. The van der Waals surface area contributed by atoms with Gasteiger partial charge < -0.3 is 30.7 Å². The van der Waals surface area contributed by atoms with E-state index in [1.807, 2.05) is 56.3 Å². The maximum atomic E-state index is 14.0. The van der Waals surface area contributed by atoms with Crippen molar-refractivity contribution < 1.29 is 28.7 Å². The van der Waals surface area contributed by atoms with Crippen LogP contribution < -0.4 is 30.7 Å². The summed E-state index contributed by atoms with van der Waals surface area (Å²) in [5.41, 5.74) is 0.772. The van der Waals surface area contributed by atoms with Gasteiger partial charge in [0.05, 0.1) is 6.54 Å². The van der Waals surface area contributed by atoms with Crippen molar-refractivity contribution >= 4 is 23.6 Å². The predicted molar refractivity (Wildman–Crippen MR) is 184 cm³/mol. The number of hydrogen-bond acceptors (Lipinski definition) is 8. The van der Waals surface area contributed by atoms with Crippen molar-refractivity contribution in [3.63, 3.8) is 0 Å². The van der Waals surface area contributed by atoms with Crippen molar-refractivity contribution in [1.82, 2.24) is 31.2 Å². The smallest absolute Gasteiger partial charge is 0.264 e. The first-order valence-corrected chi connectivity index (χ1v) is 16.9. The second-order valence-electron chi connectivity index (χ2n) is 13.0. The van der Waals surface area contributed by atoms with E-state index in [0.717, 1.165) is 17.7 Å². The Balaban J connectivity index is 1.36. The van der Waals surface area contributed by atoms with Crippen LogP contribution in [0.5, 0.6) is 11.5 Å². The van der Waals surface area contributed by atoms with E-state index in [0.29, 0.717) is 37.4 Å². The van der Waals surface area contributed by atoms with Crippen LogP contribution in [0.15, 0.2) is 79.1 Å². The van der Waals surface area contributed by atoms with Crippen molar-refractivity contribution in [3.05, 3.63) is 90.3 Å². The Bertz CT molecular complexity index is 1560. The van der Waals surface area contributed by atoms with Crippen LogP contribution in [0, 0.1) is 5.92 Å². The van der Waals surface area contributed by atoms with Gasteiger partial charge in [-0.1, -0.05) is 44.2 Å². The van der Waals surface area contributed by atoms with Crippen molar-refractivity contribution in [2.75, 3.05) is 26.2 Å². The highest BCUT2D eigenvalue weighted by molar-refractivity contribution is 5.95. The predicted octanol–water partition coefficient (Wildman–Crippen LogP) is 2.38. The second kappa shape index (κ2) is 16.4. The quantitative estimate of drug-likeness (QED) is 0.302. The van der Waals surface area contributed by atoms with E-state index in [-0.39, 0.29) is 31.4 Å². The lowest BCUT2D eigenvalue weighted by Gasteiger charge is -2.41. The molecule has 12 heteroatoms. The van der Waals surface area contributed by atoms with Gasteiger partial charge in [-0.15, -0.1) is 0 Å². The lowest BCUT2D eigenvalue weighted by molar-refractivity contribution is -0.144. The Kier molecular flexibility index (Phi) is 11.8. The lowest BCUT2D eigenvalue weighted by Crippen LogP contribution is -2.61. The molecular weight excluding hydrogens is 624 g/mol. The number of likely N-dealkylation sites (tertiary alicyclic amines) is 1. The molecule has 2 bridgehead atoms. The number of benzene rings is 2. The number of amides is 4. The summed E-state index contributed by atoms with van der Waals surface area (Å²) in [6, 6.07) is 17.5. The largest absolute Gasteiger partial charge is 0.492 e. The van der Waals surface area contributed by atoms with Crippen LogP contribution in [0.3, 0.4) is 0 Å². The molecule has 12 nitrogen and oxygen atoms in total. The van der Waals surface area contributed by atoms with Crippen LogP contribution in [0.4, 0.5) is 0 Å². The second-order valence-corrected chi connectivity index (χ2v) is 13.0. The first-order valence-electron chi connectivity index (χ1n) is 16.9. The Morgan fingerprint density at radius 3 is 2.16 bits per heavy atom. The minimum atomic E-state index is -1.23. The Hall–Kier alpha value is -4.97. The Labute approximate surface area is 287 Å². The van der Waals surface area contributed by atoms with E-state index in [1.165, 1.54) is 0 Å². The van der Waals surface area contributed by atoms with Gasteiger partial charge >= 0.3 is 0 Å². The molecule has 3 atom stereocenters. The zero-order valence-corrected chi connectivity index (χ0v) is 28.3. The highest BCUT2D eigenvalue weighted by Gasteiger charge is 2.45. The van der Waals surface area contributed by atoms with Gasteiger partial charge in [0.25, 0.3) is 5.91 Å². The molecule has 0 unspecified atom stereocenters. The number of hydrogen-bond donors (Lipinski definition) is 4. The average Bonchev–Trinajstić information content (AvgIpc) is 3.10. The molecule has 3 aromatic rings. The van der Waals surface area contributed by atoms with Gasteiger partial charge in [-0.3, -0.25) is 29.1 Å². The van der Waals surface area contributed by atoms with E-state index in [1.54, 1.807) is 43.6 Å². The number of piperidine rings is 1. The van der Waals surface area contributed by atoms with Crippen LogP contribution in [0.25, 0.3) is 0 Å².